The normalized spacial score (nSPS) is 12.3. The summed E-state index contributed by atoms with van der Waals surface area (Å²) < 4.78 is 29.1. The number of para-hydroxylation sites is 1. The highest BCUT2D eigenvalue weighted by Crippen LogP contribution is 2.31. The van der Waals surface area contributed by atoms with Crippen molar-refractivity contribution in [3.05, 3.63) is 131 Å². The van der Waals surface area contributed by atoms with Crippen molar-refractivity contribution in [3.8, 4) is 0 Å². The van der Waals surface area contributed by atoms with Gasteiger partial charge in [-0.3, -0.25) is 13.9 Å². The first kappa shape index (κ1) is 32.8. The molecular formula is C35H38ClN3O4S. The van der Waals surface area contributed by atoms with Crippen molar-refractivity contribution in [2.75, 3.05) is 10.8 Å². The fraction of sp³-hybridized carbons (Fsp3) is 0.257. The second-order valence-corrected chi connectivity index (χ2v) is 13.9. The molecule has 0 heterocycles. The molecule has 0 saturated carbocycles. The van der Waals surface area contributed by atoms with Crippen LogP contribution in [0.4, 0.5) is 5.69 Å². The molecular weight excluding hydrogens is 594 g/mol. The third-order valence-electron chi connectivity index (χ3n) is 7.10. The lowest BCUT2D eigenvalue weighted by molar-refractivity contribution is -0.140. The number of amides is 2. The Morgan fingerprint density at radius 3 is 2.00 bits per heavy atom. The number of rotatable bonds is 11. The van der Waals surface area contributed by atoms with Crippen LogP contribution in [0.15, 0.2) is 114 Å². The van der Waals surface area contributed by atoms with E-state index >= 15 is 0 Å². The summed E-state index contributed by atoms with van der Waals surface area (Å²) in [7, 11) is -4.22. The van der Waals surface area contributed by atoms with Crippen molar-refractivity contribution in [2.24, 2.45) is 0 Å². The van der Waals surface area contributed by atoms with Gasteiger partial charge in [0.25, 0.3) is 10.0 Å². The molecule has 0 aliphatic heterocycles. The number of hydrogen-bond acceptors (Lipinski definition) is 4. The van der Waals surface area contributed by atoms with E-state index in [0.717, 1.165) is 21.0 Å². The average Bonchev–Trinajstić information content (AvgIpc) is 2.99. The van der Waals surface area contributed by atoms with Crippen molar-refractivity contribution in [1.29, 1.82) is 0 Å². The Hall–Kier alpha value is -4.14. The first-order valence-electron chi connectivity index (χ1n) is 14.4. The molecule has 0 bridgehead atoms. The van der Waals surface area contributed by atoms with Gasteiger partial charge in [0.2, 0.25) is 11.8 Å². The Labute approximate surface area is 265 Å². The van der Waals surface area contributed by atoms with Gasteiger partial charge in [0, 0.05) is 18.5 Å². The third-order valence-corrected chi connectivity index (χ3v) is 9.20. The van der Waals surface area contributed by atoms with Gasteiger partial charge < -0.3 is 10.2 Å². The van der Waals surface area contributed by atoms with Gasteiger partial charge in [-0.15, -0.1) is 0 Å². The highest BCUT2D eigenvalue weighted by Gasteiger charge is 2.36. The zero-order valence-corrected chi connectivity index (χ0v) is 27.0. The Morgan fingerprint density at radius 2 is 1.39 bits per heavy atom. The number of aryl methyl sites for hydroxylation is 1. The maximum atomic E-state index is 14.5. The summed E-state index contributed by atoms with van der Waals surface area (Å²) in [5, 5.41) is 3.22. The molecule has 0 unspecified atom stereocenters. The van der Waals surface area contributed by atoms with Gasteiger partial charge in [-0.25, -0.2) is 8.42 Å². The molecule has 0 aliphatic carbocycles. The van der Waals surface area contributed by atoms with Crippen molar-refractivity contribution >= 4 is 39.1 Å². The molecule has 0 spiro atoms. The number of carbonyl (C=O) groups is 2. The van der Waals surface area contributed by atoms with Crippen LogP contribution in [0.3, 0.4) is 0 Å². The highest BCUT2D eigenvalue weighted by molar-refractivity contribution is 7.92. The largest absolute Gasteiger partial charge is 0.350 e. The SMILES string of the molecule is Cc1ccccc1CN(C(=O)CN(c1ccccc1Cl)S(=O)(=O)c1ccccc1)[C@H](Cc1ccccc1)C(=O)NC(C)(C)C. The summed E-state index contributed by atoms with van der Waals surface area (Å²) in [6.07, 6.45) is 0.234. The number of anilines is 1. The van der Waals surface area contributed by atoms with Gasteiger partial charge in [0.05, 0.1) is 15.6 Å². The third kappa shape index (κ3) is 8.27. The molecule has 0 radical (unpaired) electrons. The van der Waals surface area contributed by atoms with Crippen LogP contribution in [0.1, 0.15) is 37.5 Å². The first-order chi connectivity index (χ1) is 20.9. The Bertz CT molecular complexity index is 1690. The number of benzene rings is 4. The number of sulfonamides is 1. The zero-order valence-electron chi connectivity index (χ0n) is 25.4. The molecule has 2 amide bonds. The van der Waals surface area contributed by atoms with Crippen LogP contribution in [-0.2, 0) is 32.6 Å². The van der Waals surface area contributed by atoms with E-state index in [1.54, 1.807) is 42.5 Å². The standard InChI is InChI=1S/C35H38ClN3O4S/c1-26-15-11-12-18-28(26)24-38(32(34(41)37-35(2,3)4)23-27-16-7-5-8-17-27)33(40)25-39(31-22-14-13-21-30(31)36)44(42,43)29-19-9-6-10-20-29/h5-22,32H,23-25H2,1-4H3,(H,37,41)/t32-/m1/s1. The zero-order chi connectivity index (χ0) is 31.9. The Balaban J connectivity index is 1.83. The summed E-state index contributed by atoms with van der Waals surface area (Å²) >= 11 is 6.52. The van der Waals surface area contributed by atoms with E-state index in [4.69, 9.17) is 11.6 Å². The fourth-order valence-electron chi connectivity index (χ4n) is 4.86. The van der Waals surface area contributed by atoms with E-state index in [9.17, 15) is 18.0 Å². The molecule has 0 aromatic heterocycles. The van der Waals surface area contributed by atoms with E-state index in [2.05, 4.69) is 5.32 Å². The number of carbonyl (C=O) groups excluding carboxylic acids is 2. The minimum atomic E-state index is -4.22. The predicted octanol–water partition coefficient (Wildman–Crippen LogP) is 6.40. The minimum Gasteiger partial charge on any atom is -0.350 e. The molecule has 7 nitrogen and oxygen atoms in total. The monoisotopic (exact) mass is 631 g/mol. The van der Waals surface area contributed by atoms with Gasteiger partial charge >= 0.3 is 0 Å². The van der Waals surface area contributed by atoms with Crippen LogP contribution >= 0.6 is 11.6 Å². The summed E-state index contributed by atoms with van der Waals surface area (Å²) in [6.45, 7) is 7.11. The van der Waals surface area contributed by atoms with Crippen LogP contribution < -0.4 is 9.62 Å². The van der Waals surface area contributed by atoms with Crippen LogP contribution in [0.5, 0.6) is 0 Å². The van der Waals surface area contributed by atoms with Gasteiger partial charge in [0.15, 0.2) is 0 Å². The molecule has 4 rings (SSSR count). The molecule has 4 aromatic carbocycles. The summed E-state index contributed by atoms with van der Waals surface area (Å²) in [5.74, 6) is -0.879. The van der Waals surface area contributed by atoms with E-state index in [0.29, 0.717) is 0 Å². The summed E-state index contributed by atoms with van der Waals surface area (Å²) in [6, 6.07) is 30.6. The van der Waals surface area contributed by atoms with Crippen molar-refractivity contribution in [2.45, 2.75) is 57.1 Å². The summed E-state index contributed by atoms with van der Waals surface area (Å²) in [4.78, 5) is 30.0. The molecule has 1 N–H and O–H groups in total. The number of nitrogens with one attached hydrogen (secondary N) is 1. The second-order valence-electron chi connectivity index (χ2n) is 11.7. The van der Waals surface area contributed by atoms with Gasteiger partial charge in [-0.1, -0.05) is 96.5 Å². The van der Waals surface area contributed by atoms with E-state index in [1.165, 1.54) is 17.0 Å². The quantitative estimate of drug-likeness (QED) is 0.208. The lowest BCUT2D eigenvalue weighted by atomic mass is 10.00. The van der Waals surface area contributed by atoms with Crippen molar-refractivity contribution in [1.82, 2.24) is 10.2 Å². The van der Waals surface area contributed by atoms with Crippen LogP contribution in [0.25, 0.3) is 0 Å². The predicted molar refractivity (Wildman–Crippen MR) is 176 cm³/mol. The molecule has 0 fully saturated rings. The van der Waals surface area contributed by atoms with E-state index in [-0.39, 0.29) is 34.5 Å². The molecule has 230 valence electrons. The Kier molecular flexibility index (Phi) is 10.5. The van der Waals surface area contributed by atoms with Crippen LogP contribution in [0.2, 0.25) is 5.02 Å². The highest BCUT2D eigenvalue weighted by atomic mass is 35.5. The minimum absolute atomic E-state index is 0.0180. The first-order valence-corrected chi connectivity index (χ1v) is 16.2. The van der Waals surface area contributed by atoms with Crippen molar-refractivity contribution < 1.29 is 18.0 Å². The van der Waals surface area contributed by atoms with Gasteiger partial charge in [-0.2, -0.15) is 0 Å². The second kappa shape index (κ2) is 14.1. The smallest absolute Gasteiger partial charge is 0.264 e. The molecule has 44 heavy (non-hydrogen) atoms. The average molecular weight is 632 g/mol. The molecule has 0 saturated heterocycles. The number of halogens is 1. The molecule has 4 aromatic rings. The van der Waals surface area contributed by atoms with Crippen molar-refractivity contribution in [3.63, 3.8) is 0 Å². The van der Waals surface area contributed by atoms with Gasteiger partial charge in [0.1, 0.15) is 12.6 Å². The van der Waals surface area contributed by atoms with Crippen LogP contribution in [-0.4, -0.2) is 43.3 Å². The molecule has 1 atom stereocenters. The number of nitrogens with zero attached hydrogens (tertiary/aromatic N) is 2. The van der Waals surface area contributed by atoms with E-state index in [1.807, 2.05) is 82.3 Å². The molecule has 9 heteroatoms. The van der Waals surface area contributed by atoms with Gasteiger partial charge in [-0.05, 0) is 68.7 Å². The summed E-state index contributed by atoms with van der Waals surface area (Å²) in [5.41, 5.74) is 2.26. The van der Waals surface area contributed by atoms with Crippen LogP contribution in [0, 0.1) is 6.92 Å². The maximum Gasteiger partial charge on any atom is 0.264 e. The van der Waals surface area contributed by atoms with E-state index < -0.39 is 34.1 Å². The topological polar surface area (TPSA) is 86.8 Å². The lowest BCUT2D eigenvalue weighted by Crippen LogP contribution is -2.56. The molecule has 0 aliphatic rings. The lowest BCUT2D eigenvalue weighted by Gasteiger charge is -2.35. The number of hydrogen-bond donors (Lipinski definition) is 1. The fourth-order valence-corrected chi connectivity index (χ4v) is 6.61. The maximum absolute atomic E-state index is 14.5. The Morgan fingerprint density at radius 1 is 0.818 bits per heavy atom.